The molecule has 0 saturated carbocycles. The van der Waals surface area contributed by atoms with E-state index in [-0.39, 0.29) is 18.1 Å². The summed E-state index contributed by atoms with van der Waals surface area (Å²) in [4.78, 5) is 23.3. The van der Waals surface area contributed by atoms with Gasteiger partial charge in [-0.05, 0) is 24.3 Å². The van der Waals surface area contributed by atoms with Crippen molar-refractivity contribution in [1.82, 2.24) is 5.32 Å². The molecule has 0 aromatic heterocycles. The predicted octanol–water partition coefficient (Wildman–Crippen LogP) is 3.37. The quantitative estimate of drug-likeness (QED) is 0.359. The average molecular weight is 283 g/mol. The lowest BCUT2D eigenvalue weighted by Gasteiger charge is -2.02. The summed E-state index contributed by atoms with van der Waals surface area (Å²) in [6.45, 7) is 4.59. The Kier molecular flexibility index (Phi) is 11.4. The minimum absolute atomic E-state index is 0.123. The second-order valence-corrected chi connectivity index (χ2v) is 5.43. The van der Waals surface area contributed by atoms with E-state index in [2.05, 4.69) is 12.2 Å². The van der Waals surface area contributed by atoms with Gasteiger partial charge >= 0.3 is 0 Å². The lowest BCUT2D eigenvalue weighted by atomic mass is 10.1. The molecule has 3 nitrogen and oxygen atoms in total. The van der Waals surface area contributed by atoms with Crippen LogP contribution in [0.1, 0.15) is 58.8 Å². The molecule has 0 radical (unpaired) electrons. The molecule has 4 heteroatoms. The largest absolute Gasteiger partial charge is 0.353 e. The van der Waals surface area contributed by atoms with Crippen LogP contribution >= 0.6 is 12.2 Å². The van der Waals surface area contributed by atoms with E-state index < -0.39 is 0 Å². The van der Waals surface area contributed by atoms with Gasteiger partial charge in [-0.1, -0.05) is 51.2 Å². The Morgan fingerprint density at radius 3 is 2.32 bits per heavy atom. The number of carbonyl (C=O) groups excluding carboxylic acids is 2. The molecule has 0 unspecified atom stereocenters. The fourth-order valence-electron chi connectivity index (χ4n) is 1.65. The van der Waals surface area contributed by atoms with E-state index in [0.29, 0.717) is 11.4 Å². The number of carbonyl (C=O) groups is 2. The molecular weight excluding hydrogens is 258 g/mol. The highest BCUT2D eigenvalue weighted by Crippen LogP contribution is 2.03. The van der Waals surface area contributed by atoms with E-state index in [0.717, 1.165) is 12.8 Å². The Labute approximate surface area is 121 Å². The molecule has 0 aliphatic rings. The number of ketones is 1. The summed E-state index contributed by atoms with van der Waals surface area (Å²) in [6, 6.07) is 0. The molecule has 0 bridgehead atoms. The molecule has 1 amide bonds. The molecule has 0 spiro atoms. The Morgan fingerprint density at radius 2 is 1.68 bits per heavy atom. The second kappa shape index (κ2) is 12.0. The number of thiocarbonyl (C=S) groups is 1. The monoisotopic (exact) mass is 283 g/mol. The number of hydrogen-bond donors (Lipinski definition) is 1. The zero-order valence-electron chi connectivity index (χ0n) is 12.0. The highest BCUT2D eigenvalue weighted by molar-refractivity contribution is 7.80. The van der Waals surface area contributed by atoms with Gasteiger partial charge in [-0.2, -0.15) is 0 Å². The van der Waals surface area contributed by atoms with Gasteiger partial charge in [-0.3, -0.25) is 9.59 Å². The first-order valence-corrected chi connectivity index (χ1v) is 7.45. The van der Waals surface area contributed by atoms with Crippen molar-refractivity contribution in [2.75, 3.05) is 6.54 Å². The maximum Gasteiger partial charge on any atom is 0.244 e. The molecule has 0 aromatic rings. The number of amides is 1. The van der Waals surface area contributed by atoms with Gasteiger partial charge in [0.2, 0.25) is 5.91 Å². The maximum atomic E-state index is 11.4. The molecule has 0 saturated heterocycles. The van der Waals surface area contributed by atoms with E-state index >= 15 is 0 Å². The summed E-state index contributed by atoms with van der Waals surface area (Å²) >= 11 is 4.83. The third-order valence-corrected chi connectivity index (χ3v) is 2.82. The van der Waals surface area contributed by atoms with Crippen molar-refractivity contribution in [2.24, 2.45) is 0 Å². The van der Waals surface area contributed by atoms with E-state index in [1.807, 2.05) is 0 Å². The zero-order valence-corrected chi connectivity index (χ0v) is 12.9. The zero-order chi connectivity index (χ0) is 14.5. The molecule has 1 N–H and O–H groups in total. The molecule has 0 heterocycles. The van der Waals surface area contributed by atoms with Crippen LogP contribution in [0, 0.1) is 0 Å². The third-order valence-electron chi connectivity index (χ3n) is 2.67. The molecule has 0 atom stereocenters. The van der Waals surface area contributed by atoms with Gasteiger partial charge in [-0.15, -0.1) is 0 Å². The van der Waals surface area contributed by atoms with Gasteiger partial charge in [0.25, 0.3) is 0 Å². The highest BCUT2D eigenvalue weighted by atomic mass is 32.1. The van der Waals surface area contributed by atoms with Crippen LogP contribution in [0.5, 0.6) is 0 Å². The Morgan fingerprint density at radius 1 is 1.05 bits per heavy atom. The van der Waals surface area contributed by atoms with Crippen LogP contribution in [0.3, 0.4) is 0 Å². The lowest BCUT2D eigenvalue weighted by Crippen LogP contribution is -2.22. The molecule has 0 aliphatic carbocycles. The highest BCUT2D eigenvalue weighted by Gasteiger charge is 2.00. The molecule has 0 aromatic carbocycles. The van der Waals surface area contributed by atoms with Gasteiger partial charge in [-0.25, -0.2) is 0 Å². The Balaban J connectivity index is 3.56. The van der Waals surface area contributed by atoms with Crippen molar-refractivity contribution in [1.29, 1.82) is 0 Å². The van der Waals surface area contributed by atoms with Crippen molar-refractivity contribution in [3.8, 4) is 0 Å². The van der Waals surface area contributed by atoms with Crippen molar-refractivity contribution >= 4 is 28.8 Å². The van der Waals surface area contributed by atoms with Crippen molar-refractivity contribution in [3.63, 3.8) is 0 Å². The summed E-state index contributed by atoms with van der Waals surface area (Å²) in [5, 5.41) is 2.77. The van der Waals surface area contributed by atoms with E-state index in [9.17, 15) is 9.59 Å². The topological polar surface area (TPSA) is 46.2 Å². The van der Waals surface area contributed by atoms with Gasteiger partial charge in [0.1, 0.15) is 0 Å². The van der Waals surface area contributed by atoms with Crippen LogP contribution in [-0.4, -0.2) is 23.1 Å². The first-order chi connectivity index (χ1) is 9.06. The Hall–Kier alpha value is -1.03. The number of allylic oxidation sites excluding steroid dienone is 1. The smallest absolute Gasteiger partial charge is 0.244 e. The van der Waals surface area contributed by atoms with Crippen molar-refractivity contribution < 1.29 is 9.59 Å². The fraction of sp³-hybridized carbons (Fsp3) is 0.667. The standard InChI is InChI=1S/C15H25NO2S/c1-3-4-5-6-7-8-11-16-15(18)10-9-14(17)12-13(2)19/h9-10H,3-8,11-12H2,1-2H3,(H,16,18). The predicted molar refractivity (Wildman–Crippen MR) is 83.4 cm³/mol. The van der Waals surface area contributed by atoms with Crippen LogP contribution in [0.25, 0.3) is 0 Å². The molecule has 0 aliphatic heterocycles. The molecular formula is C15H25NO2S. The van der Waals surface area contributed by atoms with Crippen molar-refractivity contribution in [3.05, 3.63) is 12.2 Å². The van der Waals surface area contributed by atoms with Crippen LogP contribution in [-0.2, 0) is 9.59 Å². The van der Waals surface area contributed by atoms with Crippen LogP contribution < -0.4 is 5.32 Å². The van der Waals surface area contributed by atoms with Crippen LogP contribution in [0.4, 0.5) is 0 Å². The average Bonchev–Trinajstić information content (AvgIpc) is 2.34. The molecule has 108 valence electrons. The summed E-state index contributed by atoms with van der Waals surface area (Å²) in [6.07, 6.45) is 10.00. The SMILES string of the molecule is CCCCCCCCNC(=O)C=CC(=O)CC(C)=S. The summed E-state index contributed by atoms with van der Waals surface area (Å²) in [5.41, 5.74) is 0. The number of hydrogen-bond acceptors (Lipinski definition) is 3. The molecule has 0 fully saturated rings. The lowest BCUT2D eigenvalue weighted by molar-refractivity contribution is -0.117. The van der Waals surface area contributed by atoms with E-state index in [1.165, 1.54) is 37.8 Å². The van der Waals surface area contributed by atoms with Crippen LogP contribution in [0.15, 0.2) is 12.2 Å². The van der Waals surface area contributed by atoms with Gasteiger partial charge in [0, 0.05) is 19.0 Å². The number of rotatable bonds is 11. The minimum Gasteiger partial charge on any atom is -0.353 e. The van der Waals surface area contributed by atoms with Crippen molar-refractivity contribution in [2.45, 2.75) is 58.8 Å². The number of unbranched alkanes of at least 4 members (excludes halogenated alkanes) is 5. The number of nitrogens with one attached hydrogen (secondary N) is 1. The third kappa shape index (κ3) is 13.2. The van der Waals surface area contributed by atoms with Gasteiger partial charge in [0.15, 0.2) is 5.78 Å². The molecule has 19 heavy (non-hydrogen) atoms. The fourth-order valence-corrected chi connectivity index (χ4v) is 1.79. The van der Waals surface area contributed by atoms with E-state index in [4.69, 9.17) is 12.2 Å². The normalized spacial score (nSPS) is 10.6. The first kappa shape index (κ1) is 18.0. The van der Waals surface area contributed by atoms with Crippen LogP contribution in [0.2, 0.25) is 0 Å². The summed E-state index contributed by atoms with van der Waals surface area (Å²) < 4.78 is 0. The summed E-state index contributed by atoms with van der Waals surface area (Å²) in [7, 11) is 0. The maximum absolute atomic E-state index is 11.4. The second-order valence-electron chi connectivity index (χ2n) is 4.74. The Bertz CT molecular complexity index is 324. The minimum atomic E-state index is -0.205. The summed E-state index contributed by atoms with van der Waals surface area (Å²) in [5.74, 6) is -0.328. The van der Waals surface area contributed by atoms with Gasteiger partial charge in [0.05, 0.1) is 0 Å². The van der Waals surface area contributed by atoms with E-state index in [1.54, 1.807) is 6.92 Å². The van der Waals surface area contributed by atoms with Gasteiger partial charge < -0.3 is 5.32 Å². The first-order valence-electron chi connectivity index (χ1n) is 7.04. The molecule has 0 rings (SSSR count).